The van der Waals surface area contributed by atoms with Crippen LogP contribution in [-0.2, 0) is 16.1 Å². The molecule has 3 rings (SSSR count). The van der Waals surface area contributed by atoms with Crippen molar-refractivity contribution in [2.24, 2.45) is 5.92 Å². The first-order valence-electron chi connectivity index (χ1n) is 8.94. The van der Waals surface area contributed by atoms with Gasteiger partial charge in [-0.25, -0.2) is 0 Å². The number of piperidine rings is 2. The Morgan fingerprint density at radius 3 is 2.38 bits per heavy atom. The summed E-state index contributed by atoms with van der Waals surface area (Å²) in [6.45, 7) is 2.91. The van der Waals surface area contributed by atoms with E-state index in [1.807, 2.05) is 23.1 Å². The van der Waals surface area contributed by atoms with Gasteiger partial charge < -0.3 is 10.0 Å². The smallest absolute Gasteiger partial charge is 0.306 e. The molecule has 2 heterocycles. The number of hydrogen-bond donors (Lipinski definition) is 1. The molecular formula is C19H26N2O3. The predicted molar refractivity (Wildman–Crippen MR) is 91.4 cm³/mol. The van der Waals surface area contributed by atoms with Crippen LogP contribution in [0, 0.1) is 5.92 Å². The Hall–Kier alpha value is -1.88. The first-order valence-corrected chi connectivity index (χ1v) is 8.94. The number of carbonyl (C=O) groups is 2. The minimum Gasteiger partial charge on any atom is -0.481 e. The molecule has 0 bridgehead atoms. The lowest BCUT2D eigenvalue weighted by Gasteiger charge is -2.39. The maximum Gasteiger partial charge on any atom is 0.306 e. The molecule has 2 fully saturated rings. The van der Waals surface area contributed by atoms with E-state index in [9.17, 15) is 9.59 Å². The van der Waals surface area contributed by atoms with E-state index in [0.717, 1.165) is 32.4 Å². The summed E-state index contributed by atoms with van der Waals surface area (Å²) >= 11 is 0. The zero-order chi connectivity index (χ0) is 16.9. The van der Waals surface area contributed by atoms with Crippen LogP contribution in [0.3, 0.4) is 0 Å². The molecule has 2 aliphatic heterocycles. The summed E-state index contributed by atoms with van der Waals surface area (Å²) in [5.41, 5.74) is 1.24. The van der Waals surface area contributed by atoms with E-state index in [4.69, 9.17) is 5.11 Å². The third-order valence-electron chi connectivity index (χ3n) is 5.28. The van der Waals surface area contributed by atoms with Gasteiger partial charge in [-0.05, 0) is 37.8 Å². The fourth-order valence-electron chi connectivity index (χ4n) is 3.84. The average Bonchev–Trinajstić information content (AvgIpc) is 2.62. The molecule has 1 amide bonds. The molecule has 0 saturated carbocycles. The van der Waals surface area contributed by atoms with Crippen molar-refractivity contribution in [1.82, 2.24) is 9.80 Å². The second-order valence-electron chi connectivity index (χ2n) is 6.91. The standard InChI is InChI=1S/C19H26N2O3/c22-18(20-12-9-16(10-13-20)19(23)24)17-8-4-5-11-21(17)14-15-6-2-1-3-7-15/h1-3,6-7,16-17H,4-5,8-14H2,(H,23,24). The van der Waals surface area contributed by atoms with Crippen molar-refractivity contribution >= 4 is 11.9 Å². The molecule has 0 aromatic heterocycles. The van der Waals surface area contributed by atoms with Crippen molar-refractivity contribution < 1.29 is 14.7 Å². The highest BCUT2D eigenvalue weighted by atomic mass is 16.4. The first-order chi connectivity index (χ1) is 11.6. The van der Waals surface area contributed by atoms with Gasteiger partial charge >= 0.3 is 5.97 Å². The van der Waals surface area contributed by atoms with Gasteiger partial charge in [-0.3, -0.25) is 14.5 Å². The summed E-state index contributed by atoms with van der Waals surface area (Å²) < 4.78 is 0. The SMILES string of the molecule is O=C(O)C1CCN(C(=O)C2CCCCN2Cc2ccccc2)CC1. The van der Waals surface area contributed by atoms with Crippen molar-refractivity contribution in [1.29, 1.82) is 0 Å². The van der Waals surface area contributed by atoms with E-state index >= 15 is 0 Å². The van der Waals surface area contributed by atoms with Gasteiger partial charge in [0.25, 0.3) is 0 Å². The second kappa shape index (κ2) is 7.79. The molecule has 1 aromatic rings. The summed E-state index contributed by atoms with van der Waals surface area (Å²) in [4.78, 5) is 28.2. The molecule has 2 aliphatic rings. The van der Waals surface area contributed by atoms with E-state index in [-0.39, 0.29) is 17.9 Å². The molecule has 1 aromatic carbocycles. The van der Waals surface area contributed by atoms with Gasteiger partial charge in [-0.1, -0.05) is 36.8 Å². The number of rotatable bonds is 4. The van der Waals surface area contributed by atoms with E-state index in [0.29, 0.717) is 25.9 Å². The van der Waals surface area contributed by atoms with Crippen LogP contribution in [-0.4, -0.2) is 52.5 Å². The fraction of sp³-hybridized carbons (Fsp3) is 0.579. The number of carboxylic acids is 1. The number of amides is 1. The van der Waals surface area contributed by atoms with Crippen LogP contribution in [0.2, 0.25) is 0 Å². The number of likely N-dealkylation sites (tertiary alicyclic amines) is 2. The van der Waals surface area contributed by atoms with Crippen LogP contribution >= 0.6 is 0 Å². The normalized spacial score (nSPS) is 23.2. The Kier molecular flexibility index (Phi) is 5.51. The Labute approximate surface area is 143 Å². The molecule has 0 spiro atoms. The highest BCUT2D eigenvalue weighted by molar-refractivity contribution is 5.82. The number of carbonyl (C=O) groups excluding carboxylic acids is 1. The zero-order valence-electron chi connectivity index (χ0n) is 14.1. The van der Waals surface area contributed by atoms with E-state index in [1.165, 1.54) is 5.56 Å². The van der Waals surface area contributed by atoms with Crippen molar-refractivity contribution in [3.8, 4) is 0 Å². The van der Waals surface area contributed by atoms with Crippen LogP contribution < -0.4 is 0 Å². The number of carboxylic acid groups (broad SMARTS) is 1. The summed E-state index contributed by atoms with van der Waals surface area (Å²) in [6, 6.07) is 10.2. The Morgan fingerprint density at radius 2 is 1.71 bits per heavy atom. The minimum atomic E-state index is -0.731. The average molecular weight is 330 g/mol. The molecule has 1 N–H and O–H groups in total. The third kappa shape index (κ3) is 3.96. The largest absolute Gasteiger partial charge is 0.481 e. The molecule has 130 valence electrons. The highest BCUT2D eigenvalue weighted by Gasteiger charge is 2.34. The third-order valence-corrected chi connectivity index (χ3v) is 5.28. The van der Waals surface area contributed by atoms with E-state index in [2.05, 4.69) is 17.0 Å². The van der Waals surface area contributed by atoms with Crippen molar-refractivity contribution in [3.05, 3.63) is 35.9 Å². The Morgan fingerprint density at radius 1 is 1.00 bits per heavy atom. The lowest BCUT2D eigenvalue weighted by molar-refractivity contribution is -0.147. The van der Waals surface area contributed by atoms with E-state index in [1.54, 1.807) is 0 Å². The molecule has 1 unspecified atom stereocenters. The van der Waals surface area contributed by atoms with Crippen LogP contribution in [0.15, 0.2) is 30.3 Å². The molecule has 0 radical (unpaired) electrons. The summed E-state index contributed by atoms with van der Waals surface area (Å²) in [5, 5.41) is 9.11. The maximum atomic E-state index is 13.0. The minimum absolute atomic E-state index is 0.0552. The highest BCUT2D eigenvalue weighted by Crippen LogP contribution is 2.24. The molecular weight excluding hydrogens is 304 g/mol. The van der Waals surface area contributed by atoms with Gasteiger partial charge in [-0.2, -0.15) is 0 Å². The van der Waals surface area contributed by atoms with E-state index < -0.39 is 5.97 Å². The predicted octanol–water partition coefficient (Wildman–Crippen LogP) is 2.36. The van der Waals surface area contributed by atoms with Crippen LogP contribution in [0.5, 0.6) is 0 Å². The van der Waals surface area contributed by atoms with Crippen LogP contribution in [0.4, 0.5) is 0 Å². The van der Waals surface area contributed by atoms with Crippen molar-refractivity contribution in [2.45, 2.75) is 44.7 Å². The summed E-state index contributed by atoms with van der Waals surface area (Å²) in [6.07, 6.45) is 4.29. The molecule has 24 heavy (non-hydrogen) atoms. The second-order valence-corrected chi connectivity index (χ2v) is 6.91. The molecule has 1 atom stereocenters. The maximum absolute atomic E-state index is 13.0. The molecule has 2 saturated heterocycles. The molecule has 5 heteroatoms. The number of aliphatic carboxylic acids is 1. The van der Waals surface area contributed by atoms with Crippen LogP contribution in [0.1, 0.15) is 37.7 Å². The summed E-state index contributed by atoms with van der Waals surface area (Å²) in [5.74, 6) is -0.833. The number of benzene rings is 1. The van der Waals surface area contributed by atoms with Gasteiger partial charge in [0.2, 0.25) is 5.91 Å². The van der Waals surface area contributed by atoms with Gasteiger partial charge in [0.15, 0.2) is 0 Å². The Bertz CT molecular complexity index is 567. The lowest BCUT2D eigenvalue weighted by Crippen LogP contribution is -2.52. The monoisotopic (exact) mass is 330 g/mol. The molecule has 5 nitrogen and oxygen atoms in total. The zero-order valence-corrected chi connectivity index (χ0v) is 14.1. The number of hydrogen-bond acceptors (Lipinski definition) is 3. The first kappa shape index (κ1) is 17.0. The Balaban J connectivity index is 1.62. The fourth-order valence-corrected chi connectivity index (χ4v) is 3.84. The topological polar surface area (TPSA) is 60.9 Å². The van der Waals surface area contributed by atoms with Crippen LogP contribution in [0.25, 0.3) is 0 Å². The van der Waals surface area contributed by atoms with Gasteiger partial charge in [0.1, 0.15) is 0 Å². The van der Waals surface area contributed by atoms with Gasteiger partial charge in [0, 0.05) is 19.6 Å². The van der Waals surface area contributed by atoms with Crippen molar-refractivity contribution in [2.75, 3.05) is 19.6 Å². The summed E-state index contributed by atoms with van der Waals surface area (Å²) in [7, 11) is 0. The van der Waals surface area contributed by atoms with Gasteiger partial charge in [-0.15, -0.1) is 0 Å². The van der Waals surface area contributed by atoms with Gasteiger partial charge in [0.05, 0.1) is 12.0 Å². The molecule has 0 aliphatic carbocycles. The quantitative estimate of drug-likeness (QED) is 0.921. The number of nitrogens with zero attached hydrogens (tertiary/aromatic N) is 2. The van der Waals surface area contributed by atoms with Crippen molar-refractivity contribution in [3.63, 3.8) is 0 Å². The lowest BCUT2D eigenvalue weighted by atomic mass is 9.95.